The van der Waals surface area contributed by atoms with Gasteiger partial charge in [-0.15, -0.1) is 0 Å². The standard InChI is InChI=1S/C24H34N4O7/c1-6-35-23(30)21-19(14-27-7-9-28(10-8-27)20(29)15-32-3)26(2)24(31)25-22(21)16-11-17(33-4)13-18(12-16)34-5/h11-13,22H,6-10,14-15H2,1-5H3,(H,25,31)/t22-/m0/s1. The summed E-state index contributed by atoms with van der Waals surface area (Å²) in [5.74, 6) is 0.512. The van der Waals surface area contributed by atoms with E-state index >= 15 is 0 Å². The third kappa shape index (κ3) is 6.04. The maximum Gasteiger partial charge on any atom is 0.338 e. The molecular formula is C24H34N4O7. The monoisotopic (exact) mass is 490 g/mol. The van der Waals surface area contributed by atoms with Crippen LogP contribution in [-0.4, -0.2) is 107 Å². The molecule has 0 saturated carbocycles. The number of likely N-dealkylation sites (N-methyl/N-ethyl adjacent to an activating group) is 1. The van der Waals surface area contributed by atoms with Gasteiger partial charge in [0, 0.05) is 58.6 Å². The number of carbonyl (C=O) groups is 3. The highest BCUT2D eigenvalue weighted by Gasteiger charge is 2.38. The van der Waals surface area contributed by atoms with Gasteiger partial charge in [0.05, 0.1) is 32.4 Å². The lowest BCUT2D eigenvalue weighted by atomic mass is 9.93. The highest BCUT2D eigenvalue weighted by Crippen LogP contribution is 2.35. The molecule has 2 aliphatic heterocycles. The second kappa shape index (κ2) is 11.9. The van der Waals surface area contributed by atoms with E-state index in [9.17, 15) is 14.4 Å². The van der Waals surface area contributed by atoms with Crippen molar-refractivity contribution in [3.8, 4) is 11.5 Å². The van der Waals surface area contributed by atoms with Gasteiger partial charge in [0.1, 0.15) is 18.1 Å². The molecule has 35 heavy (non-hydrogen) atoms. The molecule has 1 N–H and O–H groups in total. The Morgan fingerprint density at radius 1 is 1.03 bits per heavy atom. The van der Waals surface area contributed by atoms with Crippen LogP contribution in [0.25, 0.3) is 0 Å². The van der Waals surface area contributed by atoms with E-state index in [0.29, 0.717) is 61.1 Å². The largest absolute Gasteiger partial charge is 0.497 e. The molecule has 0 radical (unpaired) electrons. The van der Waals surface area contributed by atoms with E-state index in [1.807, 2.05) is 0 Å². The Hall–Kier alpha value is -3.31. The number of esters is 1. The molecule has 1 atom stereocenters. The maximum atomic E-state index is 13.2. The van der Waals surface area contributed by atoms with Crippen molar-refractivity contribution in [2.24, 2.45) is 0 Å². The predicted octanol–water partition coefficient (Wildman–Crippen LogP) is 1.01. The summed E-state index contributed by atoms with van der Waals surface area (Å²) in [6.45, 7) is 4.61. The van der Waals surface area contributed by atoms with Gasteiger partial charge in [0.15, 0.2) is 0 Å². The molecule has 0 spiro atoms. The predicted molar refractivity (Wildman–Crippen MR) is 127 cm³/mol. The van der Waals surface area contributed by atoms with Crippen molar-refractivity contribution in [3.05, 3.63) is 35.0 Å². The van der Waals surface area contributed by atoms with Crippen LogP contribution in [0.5, 0.6) is 11.5 Å². The minimum atomic E-state index is -0.749. The number of methoxy groups -OCH3 is 3. The lowest BCUT2D eigenvalue weighted by molar-refractivity contribution is -0.139. The van der Waals surface area contributed by atoms with Crippen molar-refractivity contribution in [3.63, 3.8) is 0 Å². The molecule has 2 aliphatic rings. The number of benzene rings is 1. The van der Waals surface area contributed by atoms with Crippen molar-refractivity contribution < 1.29 is 33.3 Å². The van der Waals surface area contributed by atoms with Crippen molar-refractivity contribution in [1.82, 2.24) is 20.0 Å². The summed E-state index contributed by atoms with van der Waals surface area (Å²) in [6.07, 6.45) is 0. The molecule has 3 amide bonds. The number of urea groups is 1. The number of nitrogens with one attached hydrogen (secondary N) is 1. The topological polar surface area (TPSA) is 110 Å². The van der Waals surface area contributed by atoms with E-state index in [0.717, 1.165) is 0 Å². The Morgan fingerprint density at radius 2 is 1.66 bits per heavy atom. The molecule has 1 saturated heterocycles. The number of amides is 3. The molecule has 1 aromatic carbocycles. The van der Waals surface area contributed by atoms with Gasteiger partial charge in [-0.05, 0) is 24.6 Å². The number of hydrogen-bond donors (Lipinski definition) is 1. The first-order chi connectivity index (χ1) is 16.8. The van der Waals surface area contributed by atoms with Gasteiger partial charge in [-0.25, -0.2) is 9.59 Å². The third-order valence-corrected chi connectivity index (χ3v) is 6.15. The van der Waals surface area contributed by atoms with Gasteiger partial charge in [0.25, 0.3) is 0 Å². The summed E-state index contributed by atoms with van der Waals surface area (Å²) in [7, 11) is 6.20. The van der Waals surface area contributed by atoms with Crippen molar-refractivity contribution >= 4 is 17.9 Å². The quantitative estimate of drug-likeness (QED) is 0.511. The number of carbonyl (C=O) groups excluding carboxylic acids is 3. The van der Waals surface area contributed by atoms with Crippen LogP contribution >= 0.6 is 0 Å². The molecule has 11 nitrogen and oxygen atoms in total. The van der Waals surface area contributed by atoms with Gasteiger partial charge >= 0.3 is 12.0 Å². The zero-order chi connectivity index (χ0) is 25.5. The second-order valence-corrected chi connectivity index (χ2v) is 8.26. The van der Waals surface area contributed by atoms with Gasteiger partial charge in [0.2, 0.25) is 5.91 Å². The normalized spacial score (nSPS) is 18.9. The molecule has 0 unspecified atom stereocenters. The summed E-state index contributed by atoms with van der Waals surface area (Å²) < 4.78 is 21.1. The van der Waals surface area contributed by atoms with Crippen LogP contribution in [0.2, 0.25) is 0 Å². The maximum absolute atomic E-state index is 13.2. The molecule has 0 aromatic heterocycles. The SMILES string of the molecule is CCOC(=O)C1=C(CN2CCN(C(=O)COC)CC2)N(C)C(=O)N[C@H]1c1cc(OC)cc(OC)c1. The minimum absolute atomic E-state index is 0.0484. The smallest absolute Gasteiger partial charge is 0.338 e. The summed E-state index contributed by atoms with van der Waals surface area (Å²) in [4.78, 5) is 43.6. The van der Waals surface area contributed by atoms with Gasteiger partial charge in [-0.3, -0.25) is 14.6 Å². The summed E-state index contributed by atoms with van der Waals surface area (Å²) in [5.41, 5.74) is 1.54. The fourth-order valence-corrected chi connectivity index (χ4v) is 4.23. The van der Waals surface area contributed by atoms with Gasteiger partial charge < -0.3 is 29.2 Å². The Balaban J connectivity index is 1.96. The summed E-state index contributed by atoms with van der Waals surface area (Å²) in [6, 6.07) is 4.15. The van der Waals surface area contributed by atoms with Crippen molar-refractivity contribution in [2.45, 2.75) is 13.0 Å². The van der Waals surface area contributed by atoms with E-state index in [1.54, 1.807) is 37.1 Å². The van der Waals surface area contributed by atoms with Crippen molar-refractivity contribution in [2.75, 3.05) is 74.3 Å². The van der Waals surface area contributed by atoms with Gasteiger partial charge in [-0.2, -0.15) is 0 Å². The minimum Gasteiger partial charge on any atom is -0.497 e. The fourth-order valence-electron chi connectivity index (χ4n) is 4.23. The Bertz CT molecular complexity index is 950. The van der Waals surface area contributed by atoms with Crippen LogP contribution in [0.15, 0.2) is 29.5 Å². The summed E-state index contributed by atoms with van der Waals surface area (Å²) in [5, 5.41) is 2.91. The molecule has 0 bridgehead atoms. The molecule has 192 valence electrons. The van der Waals surface area contributed by atoms with E-state index in [4.69, 9.17) is 18.9 Å². The zero-order valence-electron chi connectivity index (χ0n) is 21.0. The number of nitrogens with zero attached hydrogens (tertiary/aromatic N) is 3. The Morgan fingerprint density at radius 3 is 2.20 bits per heavy atom. The molecule has 3 rings (SSSR count). The lowest BCUT2D eigenvalue weighted by Crippen LogP contribution is -2.53. The number of hydrogen-bond acceptors (Lipinski definition) is 8. The summed E-state index contributed by atoms with van der Waals surface area (Å²) >= 11 is 0. The van der Waals surface area contributed by atoms with Crippen molar-refractivity contribution in [1.29, 1.82) is 0 Å². The molecule has 2 heterocycles. The van der Waals surface area contributed by atoms with Crippen LogP contribution in [0.4, 0.5) is 4.79 Å². The molecule has 1 aromatic rings. The Kier molecular flexibility index (Phi) is 8.94. The molecule has 1 fully saturated rings. The first-order valence-electron chi connectivity index (χ1n) is 11.5. The van der Waals surface area contributed by atoms with Crippen LogP contribution in [0.3, 0.4) is 0 Å². The number of piperazine rings is 1. The average Bonchev–Trinajstić information content (AvgIpc) is 2.86. The first-order valence-corrected chi connectivity index (χ1v) is 11.5. The van der Waals surface area contributed by atoms with Crippen LogP contribution in [0, 0.1) is 0 Å². The van der Waals surface area contributed by atoms with Crippen LogP contribution < -0.4 is 14.8 Å². The lowest BCUT2D eigenvalue weighted by Gasteiger charge is -2.39. The zero-order valence-corrected chi connectivity index (χ0v) is 21.0. The van der Waals surface area contributed by atoms with E-state index < -0.39 is 12.0 Å². The average molecular weight is 491 g/mol. The first kappa shape index (κ1) is 26.3. The molecule has 0 aliphatic carbocycles. The highest BCUT2D eigenvalue weighted by molar-refractivity contribution is 5.95. The third-order valence-electron chi connectivity index (χ3n) is 6.15. The number of ether oxygens (including phenoxy) is 4. The Labute approximate surface area is 205 Å². The van der Waals surface area contributed by atoms with E-state index in [-0.39, 0.29) is 25.2 Å². The second-order valence-electron chi connectivity index (χ2n) is 8.26. The van der Waals surface area contributed by atoms with E-state index in [2.05, 4.69) is 10.2 Å². The van der Waals surface area contributed by atoms with Crippen LogP contribution in [-0.2, 0) is 19.1 Å². The van der Waals surface area contributed by atoms with Gasteiger partial charge in [-0.1, -0.05) is 0 Å². The molecular weight excluding hydrogens is 456 g/mol. The van der Waals surface area contributed by atoms with Crippen LogP contribution in [0.1, 0.15) is 18.5 Å². The molecule has 11 heteroatoms. The fraction of sp³-hybridized carbons (Fsp3) is 0.542. The van der Waals surface area contributed by atoms with E-state index in [1.165, 1.54) is 26.2 Å². The highest BCUT2D eigenvalue weighted by atomic mass is 16.5. The number of rotatable bonds is 9.